The van der Waals surface area contributed by atoms with Crippen molar-refractivity contribution in [2.75, 3.05) is 5.73 Å². The number of hydrogen-bond acceptors (Lipinski definition) is 4. The van der Waals surface area contributed by atoms with Crippen LogP contribution in [0.4, 0.5) is 10.3 Å². The summed E-state index contributed by atoms with van der Waals surface area (Å²) in [6, 6.07) is 4.36. The lowest BCUT2D eigenvalue weighted by Crippen LogP contribution is -1.98. The zero-order valence-corrected chi connectivity index (χ0v) is 9.74. The Morgan fingerprint density at radius 3 is 2.89 bits per heavy atom. The molecule has 0 spiro atoms. The molecule has 90 valence electrons. The lowest BCUT2D eigenvalue weighted by molar-refractivity contribution is 0.631. The summed E-state index contributed by atoms with van der Waals surface area (Å²) < 4.78 is 13.9. The van der Waals surface area contributed by atoms with Crippen molar-refractivity contribution in [1.82, 2.24) is 20.2 Å². The van der Waals surface area contributed by atoms with Gasteiger partial charge in [0.25, 0.3) is 0 Å². The van der Waals surface area contributed by atoms with E-state index >= 15 is 0 Å². The maximum atomic E-state index is 13.9. The molecule has 0 bridgehead atoms. The maximum Gasteiger partial charge on any atom is 0.222 e. The molecule has 0 saturated heterocycles. The summed E-state index contributed by atoms with van der Waals surface area (Å²) in [5.41, 5.74) is 6.74. The monoisotopic (exact) mass is 263 g/mol. The Bertz CT molecular complexity index is 739. The van der Waals surface area contributed by atoms with E-state index in [0.29, 0.717) is 27.3 Å². The van der Waals surface area contributed by atoms with E-state index in [4.69, 9.17) is 17.3 Å². The molecule has 0 atom stereocenters. The third kappa shape index (κ3) is 1.67. The molecule has 0 saturated carbocycles. The van der Waals surface area contributed by atoms with E-state index in [1.54, 1.807) is 12.1 Å². The van der Waals surface area contributed by atoms with Gasteiger partial charge in [0.05, 0.1) is 17.3 Å². The van der Waals surface area contributed by atoms with Crippen LogP contribution in [0, 0.1) is 5.82 Å². The van der Waals surface area contributed by atoms with Crippen molar-refractivity contribution in [3.05, 3.63) is 35.2 Å². The van der Waals surface area contributed by atoms with Crippen LogP contribution in [-0.4, -0.2) is 20.2 Å². The quantitative estimate of drug-likeness (QED) is 0.706. The Balaban J connectivity index is 2.33. The average Bonchev–Trinajstić information content (AvgIpc) is 2.76. The van der Waals surface area contributed by atoms with Crippen LogP contribution in [-0.2, 0) is 0 Å². The van der Waals surface area contributed by atoms with Crippen LogP contribution in [0.15, 0.2) is 24.4 Å². The lowest BCUT2D eigenvalue weighted by Gasteiger charge is -2.05. The molecule has 7 heteroatoms. The van der Waals surface area contributed by atoms with Crippen molar-refractivity contribution >= 4 is 28.6 Å². The van der Waals surface area contributed by atoms with Gasteiger partial charge < -0.3 is 5.73 Å². The van der Waals surface area contributed by atoms with E-state index in [-0.39, 0.29) is 5.95 Å². The predicted molar refractivity (Wildman–Crippen MR) is 66.5 cm³/mol. The van der Waals surface area contributed by atoms with Crippen molar-refractivity contribution in [3.8, 4) is 11.3 Å². The molecule has 2 aromatic heterocycles. The van der Waals surface area contributed by atoms with Crippen LogP contribution in [0.25, 0.3) is 22.3 Å². The van der Waals surface area contributed by atoms with Gasteiger partial charge in [-0.2, -0.15) is 10.1 Å². The number of halogens is 2. The van der Waals surface area contributed by atoms with E-state index in [0.717, 1.165) is 0 Å². The van der Waals surface area contributed by atoms with E-state index in [9.17, 15) is 4.39 Å². The van der Waals surface area contributed by atoms with Crippen molar-refractivity contribution in [2.45, 2.75) is 0 Å². The smallest absolute Gasteiger partial charge is 0.222 e. The second-order valence-corrected chi connectivity index (χ2v) is 4.12. The van der Waals surface area contributed by atoms with Gasteiger partial charge in [-0.05, 0) is 18.2 Å². The number of aromatic amines is 1. The molecule has 0 aliphatic carbocycles. The largest absolute Gasteiger partial charge is 0.368 e. The predicted octanol–water partition coefficient (Wildman–Crippen LogP) is 2.39. The van der Waals surface area contributed by atoms with E-state index < -0.39 is 5.82 Å². The molecule has 0 amide bonds. The fourth-order valence-electron chi connectivity index (χ4n) is 1.74. The number of rotatable bonds is 1. The van der Waals surface area contributed by atoms with Crippen molar-refractivity contribution in [1.29, 1.82) is 0 Å². The molecule has 2 heterocycles. The SMILES string of the molecule is Nc1nc(-c2ccc(Cl)cc2F)c2cn[nH]c2n1. The number of anilines is 1. The lowest BCUT2D eigenvalue weighted by atomic mass is 10.1. The van der Waals surface area contributed by atoms with Crippen molar-refractivity contribution < 1.29 is 4.39 Å². The summed E-state index contributed by atoms with van der Waals surface area (Å²) in [4.78, 5) is 8.03. The number of H-pyrrole nitrogens is 1. The number of nitrogen functional groups attached to an aromatic ring is 1. The summed E-state index contributed by atoms with van der Waals surface area (Å²) in [7, 11) is 0. The molecule has 0 unspecified atom stereocenters. The Kier molecular flexibility index (Phi) is 2.38. The fraction of sp³-hybridized carbons (Fsp3) is 0. The summed E-state index contributed by atoms with van der Waals surface area (Å²) >= 11 is 5.72. The van der Waals surface area contributed by atoms with E-state index in [1.165, 1.54) is 12.3 Å². The first-order chi connectivity index (χ1) is 8.65. The van der Waals surface area contributed by atoms with Crippen LogP contribution in [0.1, 0.15) is 0 Å². The normalized spacial score (nSPS) is 11.0. The first-order valence-corrected chi connectivity index (χ1v) is 5.45. The van der Waals surface area contributed by atoms with Crippen molar-refractivity contribution in [2.24, 2.45) is 0 Å². The van der Waals surface area contributed by atoms with Gasteiger partial charge in [0, 0.05) is 10.6 Å². The number of fused-ring (bicyclic) bond motifs is 1. The number of nitrogens with zero attached hydrogens (tertiary/aromatic N) is 3. The Morgan fingerprint density at radius 2 is 2.11 bits per heavy atom. The zero-order valence-electron chi connectivity index (χ0n) is 8.98. The highest BCUT2D eigenvalue weighted by molar-refractivity contribution is 6.30. The average molecular weight is 264 g/mol. The Hall–Kier alpha value is -2.21. The van der Waals surface area contributed by atoms with Gasteiger partial charge in [0.1, 0.15) is 5.82 Å². The third-order valence-corrected chi connectivity index (χ3v) is 2.75. The molecule has 0 aliphatic heterocycles. The highest BCUT2D eigenvalue weighted by atomic mass is 35.5. The summed E-state index contributed by atoms with van der Waals surface area (Å²) in [5, 5.41) is 7.44. The molecule has 5 nitrogen and oxygen atoms in total. The Morgan fingerprint density at radius 1 is 1.28 bits per heavy atom. The standard InChI is InChI=1S/C11H7ClFN5/c12-5-1-2-6(8(13)3-5)9-7-4-15-18-10(7)17-11(14)16-9/h1-4H,(H3,14,15,16,17,18). The molecular weight excluding hydrogens is 257 g/mol. The fourth-order valence-corrected chi connectivity index (χ4v) is 1.90. The van der Waals surface area contributed by atoms with Crippen molar-refractivity contribution in [3.63, 3.8) is 0 Å². The van der Waals surface area contributed by atoms with Crippen LogP contribution in [0.5, 0.6) is 0 Å². The first kappa shape index (κ1) is 10.9. The molecule has 3 N–H and O–H groups in total. The molecule has 3 aromatic rings. The van der Waals surface area contributed by atoms with Crippen LogP contribution in [0.2, 0.25) is 5.02 Å². The number of benzene rings is 1. The molecule has 0 aliphatic rings. The van der Waals surface area contributed by atoms with E-state index in [1.807, 2.05) is 0 Å². The zero-order chi connectivity index (χ0) is 12.7. The van der Waals surface area contributed by atoms with Crippen LogP contribution in [0.3, 0.4) is 0 Å². The van der Waals surface area contributed by atoms with Gasteiger partial charge in [0.2, 0.25) is 5.95 Å². The second kappa shape index (κ2) is 3.92. The van der Waals surface area contributed by atoms with E-state index in [2.05, 4.69) is 20.2 Å². The van der Waals surface area contributed by atoms with Gasteiger partial charge in [-0.15, -0.1) is 0 Å². The Labute approximate surface area is 106 Å². The maximum absolute atomic E-state index is 13.9. The highest BCUT2D eigenvalue weighted by Gasteiger charge is 2.14. The summed E-state index contributed by atoms with van der Waals surface area (Å²) in [6.07, 6.45) is 1.53. The highest BCUT2D eigenvalue weighted by Crippen LogP contribution is 2.29. The van der Waals surface area contributed by atoms with Gasteiger partial charge in [-0.25, -0.2) is 9.37 Å². The van der Waals surface area contributed by atoms with Crippen LogP contribution < -0.4 is 5.73 Å². The number of nitrogens with two attached hydrogens (primary N) is 1. The van der Waals surface area contributed by atoms with Gasteiger partial charge >= 0.3 is 0 Å². The summed E-state index contributed by atoms with van der Waals surface area (Å²) in [6.45, 7) is 0. The molecule has 18 heavy (non-hydrogen) atoms. The molecule has 3 rings (SSSR count). The van der Waals surface area contributed by atoms with Gasteiger partial charge in [0.15, 0.2) is 5.65 Å². The minimum Gasteiger partial charge on any atom is -0.368 e. The molecular formula is C11H7ClFN5. The first-order valence-electron chi connectivity index (χ1n) is 5.07. The second-order valence-electron chi connectivity index (χ2n) is 3.69. The number of nitrogens with one attached hydrogen (secondary N) is 1. The van der Waals surface area contributed by atoms with Gasteiger partial charge in [-0.1, -0.05) is 11.6 Å². The van der Waals surface area contributed by atoms with Gasteiger partial charge in [-0.3, -0.25) is 5.10 Å². The van der Waals surface area contributed by atoms with Crippen LogP contribution >= 0.6 is 11.6 Å². The summed E-state index contributed by atoms with van der Waals surface area (Å²) in [5.74, 6) is -0.417. The minimum atomic E-state index is -0.469. The minimum absolute atomic E-state index is 0.0519. The molecule has 0 fully saturated rings. The third-order valence-electron chi connectivity index (χ3n) is 2.51. The number of hydrogen-bond donors (Lipinski definition) is 2. The topological polar surface area (TPSA) is 80.5 Å². The molecule has 0 radical (unpaired) electrons. The number of aromatic nitrogens is 4. The molecule has 1 aromatic carbocycles.